The van der Waals surface area contributed by atoms with Gasteiger partial charge < -0.3 is 19.8 Å². The van der Waals surface area contributed by atoms with Gasteiger partial charge in [-0.2, -0.15) is 0 Å². The number of aliphatic hydroxyl groups excluding tert-OH is 2. The first-order valence-electron chi connectivity index (χ1n) is 6.79. The lowest BCUT2D eigenvalue weighted by Gasteiger charge is -2.18. The molecular formula is C15H23NO3. The number of aliphatic hydroxyl groups is 2. The fourth-order valence-electron chi connectivity index (χ4n) is 2.45. The van der Waals surface area contributed by atoms with E-state index in [9.17, 15) is 10.2 Å². The summed E-state index contributed by atoms with van der Waals surface area (Å²) in [5.74, 6) is 0. The molecule has 1 aliphatic rings. The van der Waals surface area contributed by atoms with Crippen LogP contribution in [0.4, 0.5) is 0 Å². The summed E-state index contributed by atoms with van der Waals surface area (Å²) in [6, 6.07) is 5.96. The molecule has 0 saturated carbocycles. The van der Waals surface area contributed by atoms with Crippen molar-refractivity contribution in [2.45, 2.75) is 25.0 Å². The molecule has 4 nitrogen and oxygen atoms in total. The lowest BCUT2D eigenvalue weighted by Crippen LogP contribution is -2.20. The topological polar surface area (TPSA) is 52.9 Å². The first kappa shape index (κ1) is 14.5. The van der Waals surface area contributed by atoms with E-state index in [0.717, 1.165) is 30.5 Å². The Balaban J connectivity index is 2.03. The van der Waals surface area contributed by atoms with Gasteiger partial charge in [0.15, 0.2) is 0 Å². The minimum atomic E-state index is -0.328. The SMILES string of the molecule is CN(C)CCOC(CO)c1ccc2c(c1)CCC2O. The highest BCUT2D eigenvalue weighted by atomic mass is 16.5. The summed E-state index contributed by atoms with van der Waals surface area (Å²) in [5.41, 5.74) is 3.20. The molecular weight excluding hydrogens is 242 g/mol. The van der Waals surface area contributed by atoms with Crippen molar-refractivity contribution in [3.63, 3.8) is 0 Å². The van der Waals surface area contributed by atoms with Gasteiger partial charge in [0.2, 0.25) is 0 Å². The van der Waals surface area contributed by atoms with Crippen LogP contribution in [0, 0.1) is 0 Å². The van der Waals surface area contributed by atoms with Crippen molar-refractivity contribution >= 4 is 0 Å². The van der Waals surface area contributed by atoms with Crippen LogP contribution in [0.1, 0.15) is 35.3 Å². The molecule has 0 radical (unpaired) electrons. The Labute approximate surface area is 114 Å². The molecule has 0 fully saturated rings. The largest absolute Gasteiger partial charge is 0.393 e. The summed E-state index contributed by atoms with van der Waals surface area (Å²) in [4.78, 5) is 2.05. The second-order valence-corrected chi connectivity index (χ2v) is 5.36. The Bertz CT molecular complexity index is 420. The van der Waals surface area contributed by atoms with Crippen molar-refractivity contribution in [2.75, 3.05) is 33.9 Å². The summed E-state index contributed by atoms with van der Waals surface area (Å²) in [5, 5.41) is 19.2. The molecule has 0 aromatic heterocycles. The van der Waals surface area contributed by atoms with Crippen molar-refractivity contribution in [2.24, 2.45) is 0 Å². The van der Waals surface area contributed by atoms with Crippen LogP contribution in [-0.2, 0) is 11.2 Å². The van der Waals surface area contributed by atoms with Gasteiger partial charge in [0.1, 0.15) is 6.10 Å². The number of nitrogens with zero attached hydrogens (tertiary/aromatic N) is 1. The molecule has 1 aromatic rings. The van der Waals surface area contributed by atoms with E-state index < -0.39 is 0 Å². The Morgan fingerprint density at radius 2 is 2.21 bits per heavy atom. The van der Waals surface area contributed by atoms with Crippen molar-refractivity contribution in [1.29, 1.82) is 0 Å². The molecule has 2 rings (SSSR count). The van der Waals surface area contributed by atoms with Gasteiger partial charge >= 0.3 is 0 Å². The van der Waals surface area contributed by atoms with Gasteiger partial charge in [0.25, 0.3) is 0 Å². The fraction of sp³-hybridized carbons (Fsp3) is 0.600. The van der Waals surface area contributed by atoms with Gasteiger partial charge in [-0.15, -0.1) is 0 Å². The third-order valence-corrected chi connectivity index (χ3v) is 3.61. The Morgan fingerprint density at radius 3 is 2.89 bits per heavy atom. The highest BCUT2D eigenvalue weighted by molar-refractivity contribution is 5.37. The van der Waals surface area contributed by atoms with E-state index in [1.54, 1.807) is 0 Å². The summed E-state index contributed by atoms with van der Waals surface area (Å²) in [6.45, 7) is 1.41. The molecule has 0 amide bonds. The van der Waals surface area contributed by atoms with Gasteiger partial charge in [-0.25, -0.2) is 0 Å². The number of fused-ring (bicyclic) bond motifs is 1. The number of likely N-dealkylation sites (N-methyl/N-ethyl adjacent to an activating group) is 1. The van der Waals surface area contributed by atoms with Crippen molar-refractivity contribution in [3.8, 4) is 0 Å². The first-order valence-corrected chi connectivity index (χ1v) is 6.79. The van der Waals surface area contributed by atoms with Gasteiger partial charge in [0, 0.05) is 6.54 Å². The molecule has 4 heteroatoms. The number of hydrogen-bond acceptors (Lipinski definition) is 4. The minimum Gasteiger partial charge on any atom is -0.393 e. The van der Waals surface area contributed by atoms with Crippen molar-refractivity contribution in [1.82, 2.24) is 4.90 Å². The number of benzene rings is 1. The Hall–Kier alpha value is -0.940. The van der Waals surface area contributed by atoms with Crippen molar-refractivity contribution in [3.05, 3.63) is 34.9 Å². The maximum absolute atomic E-state index is 9.78. The lowest BCUT2D eigenvalue weighted by molar-refractivity contribution is 0.00589. The normalized spacial score (nSPS) is 19.7. The number of rotatable bonds is 6. The van der Waals surface area contributed by atoms with Crippen LogP contribution in [0.2, 0.25) is 0 Å². The maximum Gasteiger partial charge on any atom is 0.106 e. The van der Waals surface area contributed by atoms with Crippen molar-refractivity contribution < 1.29 is 14.9 Å². The highest BCUT2D eigenvalue weighted by Crippen LogP contribution is 2.33. The minimum absolute atomic E-state index is 0.0191. The van der Waals surface area contributed by atoms with E-state index in [0.29, 0.717) is 6.61 Å². The van der Waals surface area contributed by atoms with Crippen LogP contribution < -0.4 is 0 Å². The van der Waals surface area contributed by atoms with E-state index in [2.05, 4.69) is 6.07 Å². The van der Waals surface area contributed by atoms with E-state index in [-0.39, 0.29) is 18.8 Å². The average molecular weight is 265 g/mol. The Kier molecular flexibility index (Phi) is 4.93. The van der Waals surface area contributed by atoms with E-state index >= 15 is 0 Å². The molecule has 0 spiro atoms. The van der Waals surface area contributed by atoms with Crippen LogP contribution in [0.15, 0.2) is 18.2 Å². The zero-order valence-electron chi connectivity index (χ0n) is 11.7. The zero-order valence-corrected chi connectivity index (χ0v) is 11.7. The van der Waals surface area contributed by atoms with Crippen LogP contribution in [-0.4, -0.2) is 49.0 Å². The van der Waals surface area contributed by atoms with Crippen LogP contribution in [0.3, 0.4) is 0 Å². The van der Waals surface area contributed by atoms with E-state index in [1.165, 1.54) is 5.56 Å². The predicted octanol–water partition coefficient (Wildman–Crippen LogP) is 1.28. The zero-order chi connectivity index (χ0) is 13.8. The monoisotopic (exact) mass is 265 g/mol. The van der Waals surface area contributed by atoms with Gasteiger partial charge in [-0.05, 0) is 43.6 Å². The van der Waals surface area contributed by atoms with E-state index in [1.807, 2.05) is 31.1 Å². The average Bonchev–Trinajstić information content (AvgIpc) is 2.76. The third kappa shape index (κ3) is 3.54. The predicted molar refractivity (Wildman–Crippen MR) is 74.1 cm³/mol. The van der Waals surface area contributed by atoms with Gasteiger partial charge in [-0.1, -0.05) is 18.2 Å². The Morgan fingerprint density at radius 1 is 1.42 bits per heavy atom. The second kappa shape index (κ2) is 6.48. The molecule has 2 N–H and O–H groups in total. The molecule has 19 heavy (non-hydrogen) atoms. The molecule has 1 aromatic carbocycles. The molecule has 0 aliphatic heterocycles. The van der Waals surface area contributed by atoms with Crippen LogP contribution >= 0.6 is 0 Å². The number of ether oxygens (including phenoxy) is 1. The first-order chi connectivity index (χ1) is 9.11. The van der Waals surface area contributed by atoms with E-state index in [4.69, 9.17) is 4.74 Å². The highest BCUT2D eigenvalue weighted by Gasteiger charge is 2.21. The quantitative estimate of drug-likeness (QED) is 0.813. The number of aryl methyl sites for hydroxylation is 1. The maximum atomic E-state index is 9.78. The molecule has 2 unspecified atom stereocenters. The molecule has 106 valence electrons. The molecule has 1 aliphatic carbocycles. The fourth-order valence-corrected chi connectivity index (χ4v) is 2.45. The standard InChI is InChI=1S/C15H23NO3/c1-16(2)7-8-19-15(10-17)12-3-5-13-11(9-12)4-6-14(13)18/h3,5,9,14-15,17-18H,4,6-8,10H2,1-2H3. The smallest absolute Gasteiger partial charge is 0.106 e. The lowest BCUT2D eigenvalue weighted by atomic mass is 10.0. The second-order valence-electron chi connectivity index (χ2n) is 5.36. The van der Waals surface area contributed by atoms with Gasteiger partial charge in [-0.3, -0.25) is 0 Å². The van der Waals surface area contributed by atoms with Crippen LogP contribution in [0.5, 0.6) is 0 Å². The van der Waals surface area contributed by atoms with Crippen LogP contribution in [0.25, 0.3) is 0 Å². The third-order valence-electron chi connectivity index (χ3n) is 3.61. The molecule has 0 heterocycles. The summed E-state index contributed by atoms with van der Waals surface area (Å²) >= 11 is 0. The summed E-state index contributed by atoms with van der Waals surface area (Å²) in [7, 11) is 3.99. The van der Waals surface area contributed by atoms with Gasteiger partial charge in [0.05, 0.1) is 19.3 Å². The molecule has 0 bridgehead atoms. The summed E-state index contributed by atoms with van der Waals surface area (Å²) in [6.07, 6.45) is 1.10. The number of hydrogen-bond donors (Lipinski definition) is 2. The molecule has 2 atom stereocenters. The summed E-state index contributed by atoms with van der Waals surface area (Å²) < 4.78 is 5.72. The molecule has 0 saturated heterocycles.